The van der Waals surface area contributed by atoms with Gasteiger partial charge in [-0.2, -0.15) is 0 Å². The topological polar surface area (TPSA) is 76.7 Å². The van der Waals surface area contributed by atoms with Gasteiger partial charge >= 0.3 is 6.03 Å². The maximum Gasteiger partial charge on any atom is 0.326 e. The fourth-order valence-electron chi connectivity index (χ4n) is 2.49. The number of ether oxygens (including phenoxy) is 2. The lowest BCUT2D eigenvalue weighted by molar-refractivity contribution is 0.0959. The van der Waals surface area contributed by atoms with Crippen molar-refractivity contribution >= 4 is 17.6 Å². The van der Waals surface area contributed by atoms with Crippen molar-refractivity contribution in [2.45, 2.75) is 0 Å². The molecule has 148 valence electrons. The molecule has 3 aromatic carbocycles. The van der Waals surface area contributed by atoms with Crippen molar-refractivity contribution < 1.29 is 27.8 Å². The van der Waals surface area contributed by atoms with Gasteiger partial charge < -0.3 is 14.8 Å². The van der Waals surface area contributed by atoms with E-state index in [1.807, 2.05) is 23.5 Å². The highest BCUT2D eigenvalue weighted by atomic mass is 19.1. The Kier molecular flexibility index (Phi) is 6.03. The average molecular weight is 398 g/mol. The van der Waals surface area contributed by atoms with E-state index in [1.54, 1.807) is 18.2 Å². The van der Waals surface area contributed by atoms with Crippen molar-refractivity contribution in [1.82, 2.24) is 5.32 Å². The zero-order valence-electron chi connectivity index (χ0n) is 15.2. The van der Waals surface area contributed by atoms with E-state index in [-0.39, 0.29) is 5.69 Å². The molecular formula is C21H16F2N2O4. The van der Waals surface area contributed by atoms with Crippen LogP contribution in [0.3, 0.4) is 0 Å². The predicted octanol–water partition coefficient (Wildman–Crippen LogP) is 4.73. The number of hydrogen-bond acceptors (Lipinski definition) is 4. The first kappa shape index (κ1) is 19.8. The first-order valence-corrected chi connectivity index (χ1v) is 8.45. The van der Waals surface area contributed by atoms with Crippen LogP contribution < -0.4 is 20.1 Å². The highest BCUT2D eigenvalue weighted by Gasteiger charge is 2.19. The van der Waals surface area contributed by atoms with Crippen LogP contribution in [0.15, 0.2) is 66.7 Å². The summed E-state index contributed by atoms with van der Waals surface area (Å²) >= 11 is 0. The minimum Gasteiger partial charge on any atom is -0.493 e. The molecule has 3 aromatic rings. The molecule has 8 heteroatoms. The van der Waals surface area contributed by atoms with E-state index in [9.17, 15) is 18.4 Å². The van der Waals surface area contributed by atoms with Gasteiger partial charge in [0.2, 0.25) is 0 Å². The van der Waals surface area contributed by atoms with Gasteiger partial charge in [0.05, 0.1) is 7.11 Å². The largest absolute Gasteiger partial charge is 0.493 e. The fourth-order valence-corrected chi connectivity index (χ4v) is 2.49. The van der Waals surface area contributed by atoms with Crippen LogP contribution in [-0.4, -0.2) is 19.0 Å². The lowest BCUT2D eigenvalue weighted by Gasteiger charge is -2.13. The molecule has 0 heterocycles. The number of rotatable bonds is 5. The fraction of sp³-hybridized carbons (Fsp3) is 0.0476. The van der Waals surface area contributed by atoms with Gasteiger partial charge in [0.15, 0.2) is 11.5 Å². The van der Waals surface area contributed by atoms with Crippen LogP contribution >= 0.6 is 0 Å². The summed E-state index contributed by atoms with van der Waals surface area (Å²) < 4.78 is 38.3. The highest BCUT2D eigenvalue weighted by molar-refractivity contribution is 6.08. The molecule has 0 atom stereocenters. The monoisotopic (exact) mass is 398 g/mol. The highest BCUT2D eigenvalue weighted by Crippen LogP contribution is 2.33. The number of urea groups is 1. The van der Waals surface area contributed by atoms with Crippen LogP contribution in [0.2, 0.25) is 0 Å². The van der Waals surface area contributed by atoms with E-state index in [1.165, 1.54) is 19.2 Å². The van der Waals surface area contributed by atoms with E-state index in [4.69, 9.17) is 9.47 Å². The molecule has 0 saturated carbocycles. The van der Waals surface area contributed by atoms with Crippen LogP contribution in [0.1, 0.15) is 10.4 Å². The van der Waals surface area contributed by atoms with Gasteiger partial charge in [-0.15, -0.1) is 0 Å². The molecular weight excluding hydrogens is 382 g/mol. The summed E-state index contributed by atoms with van der Waals surface area (Å²) in [6.45, 7) is 0. The van der Waals surface area contributed by atoms with Crippen LogP contribution in [0.25, 0.3) is 0 Å². The maximum absolute atomic E-state index is 13.6. The van der Waals surface area contributed by atoms with E-state index < -0.39 is 29.1 Å². The molecule has 0 aromatic heterocycles. The Balaban J connectivity index is 1.69. The third-order valence-electron chi connectivity index (χ3n) is 3.81. The van der Waals surface area contributed by atoms with Crippen molar-refractivity contribution in [3.05, 3.63) is 83.9 Å². The Morgan fingerprint density at radius 2 is 1.55 bits per heavy atom. The number of amides is 3. The number of methoxy groups -OCH3 is 1. The van der Waals surface area contributed by atoms with E-state index in [2.05, 4.69) is 5.32 Å². The summed E-state index contributed by atoms with van der Waals surface area (Å²) in [4.78, 5) is 24.0. The number of halogens is 2. The Morgan fingerprint density at radius 1 is 0.862 bits per heavy atom. The Labute approximate surface area is 165 Å². The third kappa shape index (κ3) is 4.86. The van der Waals surface area contributed by atoms with Gasteiger partial charge in [-0.1, -0.05) is 24.3 Å². The first-order valence-electron chi connectivity index (χ1n) is 8.45. The van der Waals surface area contributed by atoms with Crippen LogP contribution in [0, 0.1) is 11.6 Å². The molecule has 3 rings (SSSR count). The summed E-state index contributed by atoms with van der Waals surface area (Å²) in [6.07, 6.45) is 0. The van der Waals surface area contributed by atoms with Gasteiger partial charge in [0, 0.05) is 11.8 Å². The molecule has 0 bridgehead atoms. The van der Waals surface area contributed by atoms with Crippen LogP contribution in [0.5, 0.6) is 17.2 Å². The van der Waals surface area contributed by atoms with E-state index in [0.29, 0.717) is 17.2 Å². The number of nitrogens with one attached hydrogen (secondary N) is 2. The second-order valence-electron chi connectivity index (χ2n) is 5.79. The zero-order chi connectivity index (χ0) is 20.8. The van der Waals surface area contributed by atoms with Gasteiger partial charge in [0.1, 0.15) is 22.9 Å². The van der Waals surface area contributed by atoms with Crippen molar-refractivity contribution in [2.24, 2.45) is 0 Å². The molecule has 2 N–H and O–H groups in total. The van der Waals surface area contributed by atoms with Crippen molar-refractivity contribution in [3.8, 4) is 17.2 Å². The number of carbonyl (C=O) groups is 2. The second kappa shape index (κ2) is 8.83. The average Bonchev–Trinajstić information content (AvgIpc) is 2.69. The first-order chi connectivity index (χ1) is 14.0. The minimum atomic E-state index is -1.20. The summed E-state index contributed by atoms with van der Waals surface area (Å²) in [5.74, 6) is -2.00. The molecule has 0 spiro atoms. The van der Waals surface area contributed by atoms with Gasteiger partial charge in [-0.05, 0) is 36.4 Å². The minimum absolute atomic E-state index is 0.279. The standard InChI is InChI=1S/C21H16F2N2O4/c1-28-18-12-13(10-11-17(18)29-14-6-3-2-4-7-14)24-21(27)25-20(26)19-15(22)8-5-9-16(19)23/h2-12H,1H3,(H2,24,25,26,27). The summed E-state index contributed by atoms with van der Waals surface area (Å²) in [6, 6.07) is 15.6. The molecule has 0 saturated heterocycles. The predicted molar refractivity (Wildman–Crippen MR) is 102 cm³/mol. The van der Waals surface area contributed by atoms with Crippen molar-refractivity contribution in [2.75, 3.05) is 12.4 Å². The van der Waals surface area contributed by atoms with Gasteiger partial charge in [0.25, 0.3) is 5.91 Å². The normalized spacial score (nSPS) is 10.2. The SMILES string of the molecule is COc1cc(NC(=O)NC(=O)c2c(F)cccc2F)ccc1Oc1ccccc1. The molecule has 0 aliphatic rings. The second-order valence-corrected chi connectivity index (χ2v) is 5.79. The molecule has 0 unspecified atom stereocenters. The number of imide groups is 1. The smallest absolute Gasteiger partial charge is 0.326 e. The maximum atomic E-state index is 13.6. The molecule has 0 aliphatic heterocycles. The van der Waals surface area contributed by atoms with E-state index >= 15 is 0 Å². The molecule has 3 amide bonds. The molecule has 6 nitrogen and oxygen atoms in total. The Bertz CT molecular complexity index is 1020. The lowest BCUT2D eigenvalue weighted by atomic mass is 10.2. The molecule has 0 aliphatic carbocycles. The summed E-state index contributed by atoms with van der Waals surface area (Å²) in [5.41, 5.74) is -0.562. The van der Waals surface area contributed by atoms with Crippen LogP contribution in [-0.2, 0) is 0 Å². The van der Waals surface area contributed by atoms with Crippen LogP contribution in [0.4, 0.5) is 19.3 Å². The van der Waals surface area contributed by atoms with Crippen molar-refractivity contribution in [1.29, 1.82) is 0 Å². The lowest BCUT2D eigenvalue weighted by Crippen LogP contribution is -2.35. The Hall–Kier alpha value is -3.94. The Morgan fingerprint density at radius 3 is 2.21 bits per heavy atom. The van der Waals surface area contributed by atoms with Crippen molar-refractivity contribution in [3.63, 3.8) is 0 Å². The number of anilines is 1. The summed E-state index contributed by atoms with van der Waals surface area (Å²) in [5, 5.41) is 4.27. The number of carbonyl (C=O) groups excluding carboxylic acids is 2. The number of benzene rings is 3. The molecule has 29 heavy (non-hydrogen) atoms. The van der Waals surface area contributed by atoms with E-state index in [0.717, 1.165) is 18.2 Å². The van der Waals surface area contributed by atoms with Gasteiger partial charge in [-0.3, -0.25) is 10.1 Å². The number of para-hydroxylation sites is 1. The molecule has 0 radical (unpaired) electrons. The van der Waals surface area contributed by atoms with Gasteiger partial charge in [-0.25, -0.2) is 13.6 Å². The summed E-state index contributed by atoms with van der Waals surface area (Å²) in [7, 11) is 1.43. The zero-order valence-corrected chi connectivity index (χ0v) is 15.2. The third-order valence-corrected chi connectivity index (χ3v) is 3.81. The number of hydrogen-bond donors (Lipinski definition) is 2. The molecule has 0 fully saturated rings. The quantitative estimate of drug-likeness (QED) is 0.652.